The van der Waals surface area contributed by atoms with Gasteiger partial charge >= 0.3 is 0 Å². The van der Waals surface area contributed by atoms with Crippen molar-refractivity contribution in [2.75, 3.05) is 6.54 Å². The monoisotopic (exact) mass is 372 g/mol. The van der Waals surface area contributed by atoms with Gasteiger partial charge in [0.05, 0.1) is 18.0 Å². The maximum atomic E-state index is 11.7. The van der Waals surface area contributed by atoms with Crippen LogP contribution >= 0.6 is 0 Å². The van der Waals surface area contributed by atoms with Crippen LogP contribution in [0.15, 0.2) is 61.2 Å². The van der Waals surface area contributed by atoms with Crippen molar-refractivity contribution in [3.8, 4) is 22.9 Å². The SMILES string of the molecule is CC(C)C(=O)NCCCc1cc(C#N)ccc1-c1ccc(-n2ccnc2)cc1. The number of carbonyl (C=O) groups is 1. The van der Waals surface area contributed by atoms with Crippen molar-refractivity contribution in [2.24, 2.45) is 5.92 Å². The lowest BCUT2D eigenvalue weighted by Crippen LogP contribution is -2.28. The van der Waals surface area contributed by atoms with Crippen molar-refractivity contribution >= 4 is 5.91 Å². The van der Waals surface area contributed by atoms with Gasteiger partial charge in [-0.05, 0) is 53.8 Å². The van der Waals surface area contributed by atoms with Gasteiger partial charge in [0.25, 0.3) is 0 Å². The molecule has 0 spiro atoms. The number of rotatable bonds is 7. The topological polar surface area (TPSA) is 70.7 Å². The average molecular weight is 372 g/mol. The molecule has 1 N–H and O–H groups in total. The van der Waals surface area contributed by atoms with Crippen molar-refractivity contribution in [2.45, 2.75) is 26.7 Å². The summed E-state index contributed by atoms with van der Waals surface area (Å²) in [5.74, 6) is 0.0626. The molecule has 5 heteroatoms. The molecule has 1 aromatic heterocycles. The minimum atomic E-state index is -0.00788. The molecule has 0 atom stereocenters. The summed E-state index contributed by atoms with van der Waals surface area (Å²) < 4.78 is 1.96. The highest BCUT2D eigenvalue weighted by Crippen LogP contribution is 2.27. The lowest BCUT2D eigenvalue weighted by Gasteiger charge is -2.12. The third kappa shape index (κ3) is 4.66. The number of hydrogen-bond donors (Lipinski definition) is 1. The minimum Gasteiger partial charge on any atom is -0.356 e. The first-order valence-electron chi connectivity index (χ1n) is 9.48. The van der Waals surface area contributed by atoms with Crippen LogP contribution in [0.3, 0.4) is 0 Å². The summed E-state index contributed by atoms with van der Waals surface area (Å²) in [5.41, 5.74) is 5.04. The maximum Gasteiger partial charge on any atom is 0.222 e. The smallest absolute Gasteiger partial charge is 0.222 e. The van der Waals surface area contributed by atoms with Crippen molar-refractivity contribution in [3.05, 3.63) is 72.3 Å². The lowest BCUT2D eigenvalue weighted by molar-refractivity contribution is -0.123. The van der Waals surface area contributed by atoms with E-state index in [0.29, 0.717) is 12.1 Å². The van der Waals surface area contributed by atoms with Gasteiger partial charge in [-0.25, -0.2) is 4.98 Å². The molecule has 28 heavy (non-hydrogen) atoms. The highest BCUT2D eigenvalue weighted by atomic mass is 16.1. The van der Waals surface area contributed by atoms with E-state index in [0.717, 1.165) is 35.2 Å². The summed E-state index contributed by atoms with van der Waals surface area (Å²) in [6.07, 6.45) is 7.06. The van der Waals surface area contributed by atoms with E-state index in [9.17, 15) is 10.1 Å². The molecular weight excluding hydrogens is 348 g/mol. The Bertz CT molecular complexity index is 967. The summed E-state index contributed by atoms with van der Waals surface area (Å²) in [6, 6.07) is 16.3. The van der Waals surface area contributed by atoms with Gasteiger partial charge in [-0.15, -0.1) is 0 Å². The predicted molar refractivity (Wildman–Crippen MR) is 110 cm³/mol. The van der Waals surface area contributed by atoms with E-state index in [4.69, 9.17) is 0 Å². The second-order valence-corrected chi connectivity index (χ2v) is 7.05. The van der Waals surface area contributed by atoms with Crippen LogP contribution in [0.5, 0.6) is 0 Å². The first-order chi connectivity index (χ1) is 13.6. The Morgan fingerprint density at radius 1 is 1.21 bits per heavy atom. The van der Waals surface area contributed by atoms with E-state index in [1.165, 1.54) is 0 Å². The summed E-state index contributed by atoms with van der Waals surface area (Å²) in [6.45, 7) is 4.40. The molecular formula is C23H24N4O. The second-order valence-electron chi connectivity index (χ2n) is 7.05. The van der Waals surface area contributed by atoms with Gasteiger partial charge in [0.15, 0.2) is 0 Å². The lowest BCUT2D eigenvalue weighted by atomic mass is 9.94. The molecule has 0 saturated heterocycles. The molecule has 0 radical (unpaired) electrons. The van der Waals surface area contributed by atoms with E-state index < -0.39 is 0 Å². The number of nitriles is 1. The first-order valence-corrected chi connectivity index (χ1v) is 9.48. The molecule has 142 valence electrons. The van der Waals surface area contributed by atoms with Gasteiger partial charge < -0.3 is 9.88 Å². The van der Waals surface area contributed by atoms with E-state index in [1.807, 2.05) is 42.8 Å². The quantitative estimate of drug-likeness (QED) is 0.634. The fourth-order valence-corrected chi connectivity index (χ4v) is 3.07. The number of aryl methyl sites for hydroxylation is 1. The van der Waals surface area contributed by atoms with E-state index in [1.54, 1.807) is 12.5 Å². The number of nitrogens with zero attached hydrogens (tertiary/aromatic N) is 3. The second kappa shape index (κ2) is 9.01. The molecule has 0 unspecified atom stereocenters. The van der Waals surface area contributed by atoms with E-state index >= 15 is 0 Å². The maximum absolute atomic E-state index is 11.7. The Hall–Kier alpha value is -3.39. The third-order valence-electron chi connectivity index (χ3n) is 4.66. The summed E-state index contributed by atoms with van der Waals surface area (Å²) in [7, 11) is 0. The van der Waals surface area contributed by atoms with E-state index in [-0.39, 0.29) is 11.8 Å². The molecule has 0 aliphatic rings. The molecule has 3 rings (SSSR count). The van der Waals surface area contributed by atoms with E-state index in [2.05, 4.69) is 40.6 Å². The highest BCUT2D eigenvalue weighted by molar-refractivity contribution is 5.77. The predicted octanol–water partition coefficient (Wildman–Crippen LogP) is 4.12. The largest absolute Gasteiger partial charge is 0.356 e. The normalized spacial score (nSPS) is 10.6. The van der Waals surface area contributed by atoms with Gasteiger partial charge in [0.1, 0.15) is 0 Å². The molecule has 0 aliphatic heterocycles. The summed E-state index contributed by atoms with van der Waals surface area (Å²) in [4.78, 5) is 15.8. The number of aromatic nitrogens is 2. The van der Waals surface area contributed by atoms with Gasteiger partial charge in [-0.2, -0.15) is 5.26 Å². The molecule has 0 fully saturated rings. The fourth-order valence-electron chi connectivity index (χ4n) is 3.07. The zero-order valence-corrected chi connectivity index (χ0v) is 16.2. The molecule has 2 aromatic carbocycles. The molecule has 5 nitrogen and oxygen atoms in total. The number of nitrogens with one attached hydrogen (secondary N) is 1. The fraction of sp³-hybridized carbons (Fsp3) is 0.261. The van der Waals surface area contributed by atoms with Gasteiger partial charge in [0, 0.05) is 30.5 Å². The van der Waals surface area contributed by atoms with Crippen molar-refractivity contribution < 1.29 is 4.79 Å². The number of hydrogen-bond acceptors (Lipinski definition) is 3. The van der Waals surface area contributed by atoms with Crippen LogP contribution < -0.4 is 5.32 Å². The Balaban J connectivity index is 1.77. The van der Waals surface area contributed by atoms with Crippen LogP contribution in [-0.4, -0.2) is 22.0 Å². The van der Waals surface area contributed by atoms with Crippen LogP contribution in [-0.2, 0) is 11.2 Å². The van der Waals surface area contributed by atoms with Crippen LogP contribution in [0.2, 0.25) is 0 Å². The molecule has 0 saturated carbocycles. The minimum absolute atomic E-state index is 0.00788. The van der Waals surface area contributed by atoms with Gasteiger partial charge in [-0.3, -0.25) is 4.79 Å². The van der Waals surface area contributed by atoms with Gasteiger partial charge in [0.2, 0.25) is 5.91 Å². The number of benzene rings is 2. The Morgan fingerprint density at radius 3 is 2.64 bits per heavy atom. The summed E-state index contributed by atoms with van der Waals surface area (Å²) in [5, 5.41) is 12.2. The van der Waals surface area contributed by atoms with Crippen LogP contribution in [0.4, 0.5) is 0 Å². The standard InChI is InChI=1S/C23H24N4O/c1-17(2)23(28)26-11-3-4-20-14-18(15-24)5-10-22(20)19-6-8-21(9-7-19)27-13-12-25-16-27/h5-10,12-14,16-17H,3-4,11H2,1-2H3,(H,26,28). The zero-order valence-electron chi connectivity index (χ0n) is 16.2. The first kappa shape index (κ1) is 19.4. The number of amides is 1. The molecule has 1 heterocycles. The van der Waals surface area contributed by atoms with Gasteiger partial charge in [-0.1, -0.05) is 32.0 Å². The van der Waals surface area contributed by atoms with Crippen LogP contribution in [0, 0.1) is 17.2 Å². The molecule has 0 bridgehead atoms. The average Bonchev–Trinajstić information content (AvgIpc) is 3.26. The highest BCUT2D eigenvalue weighted by Gasteiger charge is 2.09. The molecule has 0 aliphatic carbocycles. The number of carbonyl (C=O) groups excluding carboxylic acids is 1. The zero-order chi connectivity index (χ0) is 19.9. The van der Waals surface area contributed by atoms with Crippen molar-refractivity contribution in [1.29, 1.82) is 5.26 Å². The number of imidazole rings is 1. The molecule has 3 aromatic rings. The Labute approximate surface area is 165 Å². The Morgan fingerprint density at radius 2 is 2.00 bits per heavy atom. The third-order valence-corrected chi connectivity index (χ3v) is 4.66. The Kier molecular flexibility index (Phi) is 6.23. The van der Waals surface area contributed by atoms with Crippen molar-refractivity contribution in [3.63, 3.8) is 0 Å². The van der Waals surface area contributed by atoms with Crippen molar-refractivity contribution in [1.82, 2.24) is 14.9 Å². The molecule has 1 amide bonds. The van der Waals surface area contributed by atoms with Crippen LogP contribution in [0.1, 0.15) is 31.4 Å². The van der Waals surface area contributed by atoms with Crippen LogP contribution in [0.25, 0.3) is 16.8 Å². The summed E-state index contributed by atoms with van der Waals surface area (Å²) >= 11 is 0.